The summed E-state index contributed by atoms with van der Waals surface area (Å²) in [6, 6.07) is 15.5. The van der Waals surface area contributed by atoms with Crippen molar-refractivity contribution in [3.05, 3.63) is 87.3 Å². The number of nitrogens with zero attached hydrogens (tertiary/aromatic N) is 2. The van der Waals surface area contributed by atoms with Crippen molar-refractivity contribution in [2.45, 2.75) is 19.5 Å². The number of thiophene rings is 1. The van der Waals surface area contributed by atoms with Crippen LogP contribution in [-0.4, -0.2) is 17.4 Å². The Kier molecular flexibility index (Phi) is 6.83. The largest absolute Gasteiger partial charge is 0.312 e. The lowest BCUT2D eigenvalue weighted by Gasteiger charge is -2.26. The minimum Gasteiger partial charge on any atom is -0.312 e. The van der Waals surface area contributed by atoms with Gasteiger partial charge in [0.1, 0.15) is 28.3 Å². The number of benzene rings is 2. The molecule has 1 aromatic heterocycles. The van der Waals surface area contributed by atoms with E-state index in [1.807, 2.05) is 18.2 Å². The number of nitrogens with one attached hydrogen (secondary N) is 1. The lowest BCUT2D eigenvalue weighted by Crippen LogP contribution is -2.29. The van der Waals surface area contributed by atoms with E-state index < -0.39 is 23.1 Å². The number of fused-ring (bicyclic) bond motifs is 1. The number of carbonyl (C=O) groups is 1. The molecule has 0 fully saturated rings. The Balaban J connectivity index is 0.00000256. The van der Waals surface area contributed by atoms with Crippen molar-refractivity contribution < 1.29 is 13.6 Å². The van der Waals surface area contributed by atoms with Crippen LogP contribution >= 0.6 is 23.7 Å². The van der Waals surface area contributed by atoms with Gasteiger partial charge in [0.25, 0.3) is 5.91 Å². The average molecular weight is 446 g/mol. The summed E-state index contributed by atoms with van der Waals surface area (Å²) in [5.74, 6) is -2.76. The summed E-state index contributed by atoms with van der Waals surface area (Å²) < 4.78 is 27.8. The Morgan fingerprint density at radius 3 is 2.50 bits per heavy atom. The molecule has 1 N–H and O–H groups in total. The maximum atomic E-state index is 13.9. The summed E-state index contributed by atoms with van der Waals surface area (Å²) in [5, 5.41) is 12.5. The fraction of sp³-hybridized carbons (Fsp3) is 0.182. The number of carbonyl (C=O) groups excluding carboxylic acids is 1. The second kappa shape index (κ2) is 9.35. The Morgan fingerprint density at radius 2 is 1.83 bits per heavy atom. The number of halogens is 3. The number of nitriles is 1. The quantitative estimate of drug-likeness (QED) is 0.605. The molecule has 8 heteroatoms. The molecule has 0 saturated carbocycles. The van der Waals surface area contributed by atoms with Gasteiger partial charge in [0, 0.05) is 24.5 Å². The van der Waals surface area contributed by atoms with E-state index in [1.165, 1.54) is 23.0 Å². The van der Waals surface area contributed by atoms with Crippen molar-refractivity contribution in [1.82, 2.24) is 4.90 Å². The normalized spacial score (nSPS) is 13.1. The highest BCUT2D eigenvalue weighted by atomic mass is 35.5. The number of rotatable bonds is 4. The first-order chi connectivity index (χ1) is 14.1. The zero-order valence-electron chi connectivity index (χ0n) is 15.8. The monoisotopic (exact) mass is 445 g/mol. The van der Waals surface area contributed by atoms with Crippen molar-refractivity contribution >= 4 is 34.7 Å². The maximum Gasteiger partial charge on any atom is 0.262 e. The van der Waals surface area contributed by atoms with Crippen LogP contribution < -0.4 is 5.32 Å². The molecule has 1 aliphatic rings. The standard InChI is InChI=1S/C22H17F2N3OS.ClH/c23-17-7-4-8-18(24)20(17)21(28)26-22-16(11-25)15-9-10-27(13-19(15)29-22)12-14-5-2-1-3-6-14;/h1-8H,9-10,12-13H2,(H,26,28);1H. The molecule has 30 heavy (non-hydrogen) atoms. The van der Waals surface area contributed by atoms with Gasteiger partial charge in [-0.2, -0.15) is 5.26 Å². The van der Waals surface area contributed by atoms with E-state index in [0.717, 1.165) is 35.7 Å². The van der Waals surface area contributed by atoms with Gasteiger partial charge in [-0.05, 0) is 29.7 Å². The van der Waals surface area contributed by atoms with Gasteiger partial charge >= 0.3 is 0 Å². The zero-order chi connectivity index (χ0) is 20.4. The lowest BCUT2D eigenvalue weighted by atomic mass is 10.0. The van der Waals surface area contributed by atoms with Crippen LogP contribution in [0.1, 0.15) is 31.9 Å². The van der Waals surface area contributed by atoms with Crippen molar-refractivity contribution in [3.8, 4) is 6.07 Å². The molecule has 2 aromatic carbocycles. The third-order valence-corrected chi connectivity index (χ3v) is 6.05. The van der Waals surface area contributed by atoms with Gasteiger partial charge in [0.05, 0.1) is 5.56 Å². The third kappa shape index (κ3) is 4.36. The first kappa shape index (κ1) is 21.9. The van der Waals surface area contributed by atoms with Crippen LogP contribution in [-0.2, 0) is 19.5 Å². The lowest BCUT2D eigenvalue weighted by molar-refractivity contribution is 0.101. The van der Waals surface area contributed by atoms with Gasteiger partial charge in [0.15, 0.2) is 0 Å². The highest BCUT2D eigenvalue weighted by molar-refractivity contribution is 7.16. The van der Waals surface area contributed by atoms with E-state index in [0.29, 0.717) is 23.5 Å². The molecule has 1 amide bonds. The Hall–Kier alpha value is -2.79. The smallest absolute Gasteiger partial charge is 0.262 e. The minimum atomic E-state index is -0.934. The van der Waals surface area contributed by atoms with Gasteiger partial charge in [0.2, 0.25) is 0 Å². The number of amides is 1. The molecule has 0 spiro atoms. The van der Waals surface area contributed by atoms with Gasteiger partial charge in [-0.3, -0.25) is 9.69 Å². The van der Waals surface area contributed by atoms with Crippen molar-refractivity contribution in [1.29, 1.82) is 5.26 Å². The van der Waals surface area contributed by atoms with Crippen LogP contribution in [0.4, 0.5) is 13.8 Å². The van der Waals surface area contributed by atoms with Crippen molar-refractivity contribution in [2.24, 2.45) is 0 Å². The van der Waals surface area contributed by atoms with Crippen LogP contribution in [0.2, 0.25) is 0 Å². The van der Waals surface area contributed by atoms with E-state index in [-0.39, 0.29) is 12.4 Å². The molecule has 4 nitrogen and oxygen atoms in total. The molecule has 4 rings (SSSR count). The van der Waals surface area contributed by atoms with Crippen molar-refractivity contribution in [2.75, 3.05) is 11.9 Å². The fourth-order valence-corrected chi connectivity index (χ4v) is 4.76. The first-order valence-corrected chi connectivity index (χ1v) is 9.94. The van der Waals surface area contributed by atoms with E-state index in [9.17, 15) is 18.8 Å². The van der Waals surface area contributed by atoms with E-state index in [2.05, 4.69) is 28.4 Å². The molecule has 0 saturated heterocycles. The highest BCUT2D eigenvalue weighted by Crippen LogP contribution is 2.37. The second-order valence-electron chi connectivity index (χ2n) is 6.82. The predicted molar refractivity (Wildman–Crippen MR) is 115 cm³/mol. The van der Waals surface area contributed by atoms with Crippen LogP contribution in [0.3, 0.4) is 0 Å². The van der Waals surface area contributed by atoms with Crippen LogP contribution in [0.15, 0.2) is 48.5 Å². The zero-order valence-corrected chi connectivity index (χ0v) is 17.5. The van der Waals surface area contributed by atoms with Crippen molar-refractivity contribution in [3.63, 3.8) is 0 Å². The molecule has 0 unspecified atom stereocenters. The van der Waals surface area contributed by atoms with E-state index >= 15 is 0 Å². The van der Waals surface area contributed by atoms with Gasteiger partial charge < -0.3 is 5.32 Å². The number of anilines is 1. The van der Waals surface area contributed by atoms with E-state index in [1.54, 1.807) is 0 Å². The Labute approximate surface area is 183 Å². The van der Waals surface area contributed by atoms with Gasteiger partial charge in [-0.15, -0.1) is 23.7 Å². The van der Waals surface area contributed by atoms with Crippen LogP contribution in [0.25, 0.3) is 0 Å². The molecule has 0 bridgehead atoms. The van der Waals surface area contributed by atoms with Crippen LogP contribution in [0, 0.1) is 23.0 Å². The molecular weight excluding hydrogens is 428 g/mol. The molecule has 3 aromatic rings. The summed E-state index contributed by atoms with van der Waals surface area (Å²) in [4.78, 5) is 15.7. The second-order valence-corrected chi connectivity index (χ2v) is 7.92. The highest BCUT2D eigenvalue weighted by Gasteiger charge is 2.26. The fourth-order valence-electron chi connectivity index (χ4n) is 3.52. The third-order valence-electron chi connectivity index (χ3n) is 4.91. The molecule has 154 valence electrons. The number of hydrogen-bond acceptors (Lipinski definition) is 4. The first-order valence-electron chi connectivity index (χ1n) is 9.13. The SMILES string of the molecule is Cl.N#Cc1c(NC(=O)c2c(F)cccc2F)sc2c1CCN(Cc1ccccc1)C2. The molecule has 2 heterocycles. The molecular formula is C22H18ClF2N3OS. The topological polar surface area (TPSA) is 56.1 Å². The Bertz CT molecular complexity index is 1090. The summed E-state index contributed by atoms with van der Waals surface area (Å²) in [6.07, 6.45) is 0.686. The maximum absolute atomic E-state index is 13.9. The summed E-state index contributed by atoms with van der Waals surface area (Å²) in [7, 11) is 0. The summed E-state index contributed by atoms with van der Waals surface area (Å²) >= 11 is 1.29. The van der Waals surface area contributed by atoms with Crippen LogP contribution in [0.5, 0.6) is 0 Å². The summed E-state index contributed by atoms with van der Waals surface area (Å²) in [5.41, 5.74) is 1.85. The van der Waals surface area contributed by atoms with Gasteiger partial charge in [-0.25, -0.2) is 8.78 Å². The molecule has 0 radical (unpaired) electrons. The summed E-state index contributed by atoms with van der Waals surface area (Å²) in [6.45, 7) is 2.25. The van der Waals surface area contributed by atoms with E-state index in [4.69, 9.17) is 0 Å². The predicted octanol–water partition coefficient (Wildman–Crippen LogP) is 5.13. The van der Waals surface area contributed by atoms with Gasteiger partial charge in [-0.1, -0.05) is 36.4 Å². The molecule has 0 aliphatic carbocycles. The average Bonchev–Trinajstić information content (AvgIpc) is 3.04. The minimum absolute atomic E-state index is 0. The Morgan fingerprint density at radius 1 is 1.13 bits per heavy atom. The molecule has 0 atom stereocenters. The molecule has 1 aliphatic heterocycles. The number of hydrogen-bond donors (Lipinski definition) is 1.